The summed E-state index contributed by atoms with van der Waals surface area (Å²) in [5.41, 5.74) is 11.2. The Labute approximate surface area is 349 Å². The number of hydrogen-bond donors (Lipinski definition) is 0. The smallest absolute Gasteiger partial charge is 0.238 e. The van der Waals surface area contributed by atoms with E-state index in [1.807, 2.05) is 36.4 Å². The Bertz CT molecular complexity index is 3860. The second kappa shape index (κ2) is 13.1. The third-order valence-electron chi connectivity index (χ3n) is 12.2. The predicted molar refractivity (Wildman–Crippen MR) is 250 cm³/mol. The van der Waals surface area contributed by atoms with Gasteiger partial charge in [-0.2, -0.15) is 9.97 Å². The van der Waals surface area contributed by atoms with Gasteiger partial charge >= 0.3 is 0 Å². The fourth-order valence-corrected chi connectivity index (χ4v) is 9.42. The Morgan fingerprint density at radius 3 is 1.72 bits per heavy atom. The van der Waals surface area contributed by atoms with Gasteiger partial charge in [-0.15, -0.1) is 0 Å². The maximum atomic E-state index is 6.35. The first-order valence-electron chi connectivity index (χ1n) is 20.5. The van der Waals surface area contributed by atoms with Crippen LogP contribution in [0.5, 0.6) is 0 Å². The van der Waals surface area contributed by atoms with Crippen molar-refractivity contribution < 1.29 is 4.42 Å². The van der Waals surface area contributed by atoms with Gasteiger partial charge < -0.3 is 8.98 Å². The molecule has 6 nitrogen and oxygen atoms in total. The molecule has 284 valence electrons. The van der Waals surface area contributed by atoms with Gasteiger partial charge in [0.2, 0.25) is 5.95 Å². The van der Waals surface area contributed by atoms with Crippen molar-refractivity contribution in [3.63, 3.8) is 0 Å². The maximum Gasteiger partial charge on any atom is 0.238 e. The molecule has 0 spiro atoms. The van der Waals surface area contributed by atoms with Gasteiger partial charge in [-0.1, -0.05) is 152 Å². The van der Waals surface area contributed by atoms with E-state index in [1.54, 1.807) is 0 Å². The van der Waals surface area contributed by atoms with Crippen molar-refractivity contribution in [2.45, 2.75) is 0 Å². The van der Waals surface area contributed by atoms with Gasteiger partial charge in [0.1, 0.15) is 11.2 Å². The van der Waals surface area contributed by atoms with E-state index in [4.69, 9.17) is 19.4 Å². The van der Waals surface area contributed by atoms with Crippen molar-refractivity contribution in [2.75, 3.05) is 0 Å². The van der Waals surface area contributed by atoms with Crippen LogP contribution < -0.4 is 0 Å². The normalized spacial score (nSPS) is 11.9. The average Bonchev–Trinajstić information content (AvgIpc) is 3.99. The second-order valence-corrected chi connectivity index (χ2v) is 15.6. The summed E-state index contributed by atoms with van der Waals surface area (Å²) in [6.07, 6.45) is 0. The van der Waals surface area contributed by atoms with Crippen LogP contribution in [0.15, 0.2) is 205 Å². The average molecular weight is 780 g/mol. The zero-order chi connectivity index (χ0) is 40.0. The molecule has 13 rings (SSSR count). The molecular weight excluding hydrogens is 747 g/mol. The summed E-state index contributed by atoms with van der Waals surface area (Å²) in [5.74, 6) is 1.71. The van der Waals surface area contributed by atoms with E-state index in [1.165, 1.54) is 21.9 Å². The first-order valence-corrected chi connectivity index (χ1v) is 20.5. The molecule has 61 heavy (non-hydrogen) atoms. The minimum Gasteiger partial charge on any atom is -0.456 e. The number of nitrogens with zero attached hydrogens (tertiary/aromatic N) is 5. The molecule has 0 bridgehead atoms. The SMILES string of the molecule is c1ccc(-c2ccc(-n3c4ccccc4c4c5c6ccc7ccccc7c6n(-c6nc(-c7ccccc7)nc(-c7ccc8c(c7)oc7ccccc78)n6)c5ccc43)cc2)cc1. The van der Waals surface area contributed by atoms with Gasteiger partial charge in [-0.25, -0.2) is 4.98 Å². The number of rotatable bonds is 5. The zero-order valence-electron chi connectivity index (χ0n) is 32.7. The molecule has 0 amide bonds. The molecule has 0 aliphatic rings. The lowest BCUT2D eigenvalue weighted by molar-refractivity contribution is 0.669. The summed E-state index contributed by atoms with van der Waals surface area (Å²) in [6, 6.07) is 70.3. The number of para-hydroxylation sites is 2. The van der Waals surface area contributed by atoms with E-state index in [0.29, 0.717) is 17.6 Å². The largest absolute Gasteiger partial charge is 0.456 e. The second-order valence-electron chi connectivity index (χ2n) is 15.6. The standard InChI is InChI=1S/C55H33N5O/c1-3-13-34(14-4-1)35-23-27-39(28-24-35)59-45-21-11-9-20-43(45)50-46(59)31-32-47-51(50)44-30-25-36-15-7-8-18-40(36)52(44)60(47)55-57-53(37-16-5-2-6-17-37)56-54(58-55)38-26-29-42-41-19-10-12-22-48(41)61-49(42)33-38/h1-33H. The molecule has 0 saturated heterocycles. The van der Waals surface area contributed by atoms with Gasteiger partial charge in [-0.05, 0) is 65.0 Å². The van der Waals surface area contributed by atoms with Crippen LogP contribution >= 0.6 is 0 Å². The summed E-state index contributed by atoms with van der Waals surface area (Å²) in [6.45, 7) is 0. The first-order chi connectivity index (χ1) is 30.2. The van der Waals surface area contributed by atoms with Crippen molar-refractivity contribution in [3.05, 3.63) is 200 Å². The van der Waals surface area contributed by atoms with E-state index in [0.717, 1.165) is 82.4 Å². The Hall–Kier alpha value is -8.35. The van der Waals surface area contributed by atoms with Crippen LogP contribution in [0, 0.1) is 0 Å². The first kappa shape index (κ1) is 33.6. The predicted octanol–water partition coefficient (Wildman–Crippen LogP) is 14.1. The molecule has 0 aliphatic heterocycles. The van der Waals surface area contributed by atoms with Crippen LogP contribution in [0.3, 0.4) is 0 Å². The van der Waals surface area contributed by atoms with E-state index < -0.39 is 0 Å². The zero-order valence-corrected chi connectivity index (χ0v) is 32.7. The molecule has 6 heteroatoms. The highest BCUT2D eigenvalue weighted by atomic mass is 16.3. The van der Waals surface area contributed by atoms with Crippen LogP contribution in [-0.4, -0.2) is 24.1 Å². The molecule has 0 atom stereocenters. The lowest BCUT2D eigenvalue weighted by Gasteiger charge is -2.12. The molecule has 0 radical (unpaired) electrons. The van der Waals surface area contributed by atoms with Crippen LogP contribution in [0.25, 0.3) is 122 Å². The maximum absolute atomic E-state index is 6.35. The van der Waals surface area contributed by atoms with Gasteiger partial charge in [0.25, 0.3) is 0 Å². The fraction of sp³-hybridized carbons (Fsp3) is 0. The summed E-state index contributed by atoms with van der Waals surface area (Å²) in [5, 5.41) is 9.06. The Kier molecular flexibility index (Phi) is 7.21. The van der Waals surface area contributed by atoms with E-state index >= 15 is 0 Å². The van der Waals surface area contributed by atoms with Crippen molar-refractivity contribution in [3.8, 4) is 45.5 Å². The highest BCUT2D eigenvalue weighted by Crippen LogP contribution is 2.44. The molecule has 4 aromatic heterocycles. The summed E-state index contributed by atoms with van der Waals surface area (Å²) in [4.78, 5) is 15.8. The molecule has 9 aromatic carbocycles. The quantitative estimate of drug-likeness (QED) is 0.175. The van der Waals surface area contributed by atoms with Crippen LogP contribution in [0.2, 0.25) is 0 Å². The highest BCUT2D eigenvalue weighted by Gasteiger charge is 2.24. The Balaban J connectivity index is 1.11. The lowest BCUT2D eigenvalue weighted by atomic mass is 10.0. The number of benzene rings is 9. The van der Waals surface area contributed by atoms with Gasteiger partial charge in [0.05, 0.1) is 22.1 Å². The minimum absolute atomic E-state index is 0.546. The highest BCUT2D eigenvalue weighted by molar-refractivity contribution is 6.31. The van der Waals surface area contributed by atoms with Crippen molar-refractivity contribution in [1.29, 1.82) is 0 Å². The number of hydrogen-bond acceptors (Lipinski definition) is 4. The topological polar surface area (TPSA) is 61.7 Å². The Morgan fingerprint density at radius 1 is 0.344 bits per heavy atom. The van der Waals surface area contributed by atoms with E-state index in [2.05, 4.69) is 173 Å². The lowest BCUT2D eigenvalue weighted by Crippen LogP contribution is -2.06. The van der Waals surface area contributed by atoms with Gasteiger partial charge in [-0.3, -0.25) is 4.57 Å². The minimum atomic E-state index is 0.546. The van der Waals surface area contributed by atoms with E-state index in [9.17, 15) is 0 Å². The van der Waals surface area contributed by atoms with Crippen molar-refractivity contribution in [1.82, 2.24) is 24.1 Å². The molecule has 0 N–H and O–H groups in total. The monoisotopic (exact) mass is 779 g/mol. The molecule has 0 saturated carbocycles. The number of fused-ring (bicyclic) bond motifs is 12. The summed E-state index contributed by atoms with van der Waals surface area (Å²) < 4.78 is 11.0. The van der Waals surface area contributed by atoms with Crippen molar-refractivity contribution in [2.24, 2.45) is 0 Å². The number of furan rings is 1. The van der Waals surface area contributed by atoms with Gasteiger partial charge in [0, 0.05) is 54.5 Å². The molecule has 0 unspecified atom stereocenters. The molecule has 0 aliphatic carbocycles. The molecule has 4 heterocycles. The third-order valence-corrected chi connectivity index (χ3v) is 12.2. The molecule has 13 aromatic rings. The van der Waals surface area contributed by atoms with Crippen LogP contribution in [0.4, 0.5) is 0 Å². The Morgan fingerprint density at radius 2 is 0.918 bits per heavy atom. The van der Waals surface area contributed by atoms with E-state index in [-0.39, 0.29) is 0 Å². The molecule has 0 fully saturated rings. The summed E-state index contributed by atoms with van der Waals surface area (Å²) >= 11 is 0. The van der Waals surface area contributed by atoms with Crippen LogP contribution in [0.1, 0.15) is 0 Å². The number of aromatic nitrogens is 5. The van der Waals surface area contributed by atoms with Crippen LogP contribution in [-0.2, 0) is 0 Å². The summed E-state index contributed by atoms with van der Waals surface area (Å²) in [7, 11) is 0. The fourth-order valence-electron chi connectivity index (χ4n) is 9.42. The van der Waals surface area contributed by atoms with Gasteiger partial charge in [0.15, 0.2) is 11.6 Å². The van der Waals surface area contributed by atoms with Crippen molar-refractivity contribution >= 4 is 76.3 Å². The third kappa shape index (κ3) is 5.12. The molecular formula is C55H33N5O.